The van der Waals surface area contributed by atoms with Crippen molar-refractivity contribution in [2.75, 3.05) is 40.0 Å². The molecule has 0 amide bonds. The zero-order valence-corrected chi connectivity index (χ0v) is 16.6. The molecule has 2 heterocycles. The molecule has 7 heteroatoms. The number of imidazole rings is 1. The molecule has 0 spiro atoms. The van der Waals surface area contributed by atoms with Crippen molar-refractivity contribution in [3.05, 3.63) is 59.7 Å². The summed E-state index contributed by atoms with van der Waals surface area (Å²) in [5, 5.41) is 8.73. The van der Waals surface area contributed by atoms with Gasteiger partial charge in [0, 0.05) is 31.7 Å². The lowest BCUT2D eigenvalue weighted by molar-refractivity contribution is 0.0363. The van der Waals surface area contributed by atoms with Crippen molar-refractivity contribution < 1.29 is 14.3 Å². The summed E-state index contributed by atoms with van der Waals surface area (Å²) in [6.45, 7) is 5.04. The fraction of sp³-hybridized carbons (Fsp3) is 0.364. The summed E-state index contributed by atoms with van der Waals surface area (Å²) in [4.78, 5) is 15.3. The first-order valence-electron chi connectivity index (χ1n) is 9.87. The molecule has 4 rings (SSSR count). The molecule has 152 valence electrons. The first kappa shape index (κ1) is 19.4. The molecular weight excluding hydrogens is 368 g/mol. The molecule has 0 bridgehead atoms. The summed E-state index contributed by atoms with van der Waals surface area (Å²) in [5.41, 5.74) is 2.80. The number of Topliss-reactive ketones (excluding diaryl/α,β-unsaturated/α-hetero) is 1. The molecule has 0 atom stereocenters. The Kier molecular flexibility index (Phi) is 5.78. The van der Waals surface area contributed by atoms with E-state index in [0.717, 1.165) is 43.9 Å². The van der Waals surface area contributed by atoms with Crippen molar-refractivity contribution in [1.82, 2.24) is 14.0 Å². The van der Waals surface area contributed by atoms with Crippen LogP contribution in [0.4, 0.5) is 0 Å². The monoisotopic (exact) mass is 394 g/mol. The third-order valence-corrected chi connectivity index (χ3v) is 5.41. The Morgan fingerprint density at radius 1 is 1.03 bits per heavy atom. The molecule has 1 N–H and O–H groups in total. The molecule has 3 aromatic rings. The van der Waals surface area contributed by atoms with E-state index in [2.05, 4.69) is 4.90 Å². The van der Waals surface area contributed by atoms with E-state index in [1.165, 1.54) is 0 Å². The Balaban J connectivity index is 1.61. The maximum atomic E-state index is 12.9. The van der Waals surface area contributed by atoms with Crippen LogP contribution in [-0.4, -0.2) is 59.8 Å². The zero-order valence-electron chi connectivity index (χ0n) is 16.6. The van der Waals surface area contributed by atoms with Crippen molar-refractivity contribution >= 4 is 16.8 Å². The Morgan fingerprint density at radius 2 is 1.76 bits per heavy atom. The van der Waals surface area contributed by atoms with Crippen molar-refractivity contribution in [2.45, 2.75) is 13.1 Å². The minimum atomic E-state index is -0.0431. The molecule has 0 aliphatic carbocycles. The lowest BCUT2D eigenvalue weighted by Gasteiger charge is -2.26. The van der Waals surface area contributed by atoms with Crippen LogP contribution < -0.4 is 10.4 Å². The highest BCUT2D eigenvalue weighted by atomic mass is 16.5. The van der Waals surface area contributed by atoms with Gasteiger partial charge in [-0.05, 0) is 24.3 Å². The van der Waals surface area contributed by atoms with E-state index in [1.807, 2.05) is 41.0 Å². The minimum absolute atomic E-state index is 0.0431. The normalized spacial score (nSPS) is 14.9. The van der Waals surface area contributed by atoms with Gasteiger partial charge in [-0.15, -0.1) is 0 Å². The number of ketones is 1. The van der Waals surface area contributed by atoms with Gasteiger partial charge in [0.1, 0.15) is 5.75 Å². The van der Waals surface area contributed by atoms with Crippen LogP contribution in [0.3, 0.4) is 0 Å². The van der Waals surface area contributed by atoms with Gasteiger partial charge in [-0.3, -0.25) is 15.1 Å². The molecule has 0 saturated carbocycles. The third kappa shape index (κ3) is 4.11. The van der Waals surface area contributed by atoms with E-state index in [4.69, 9.17) is 14.9 Å². The maximum Gasteiger partial charge on any atom is 0.203 e. The van der Waals surface area contributed by atoms with Crippen LogP contribution in [0.25, 0.3) is 11.0 Å². The largest absolute Gasteiger partial charge is 0.497 e. The number of benzene rings is 2. The molecule has 1 saturated heterocycles. The third-order valence-electron chi connectivity index (χ3n) is 5.41. The number of morpholine rings is 1. The molecule has 2 aromatic carbocycles. The van der Waals surface area contributed by atoms with Crippen LogP contribution in [0.15, 0.2) is 48.5 Å². The molecular formula is C22H26N4O3. The highest BCUT2D eigenvalue weighted by Gasteiger charge is 2.16. The number of nitrogens with one attached hydrogen (secondary N) is 1. The molecule has 1 fully saturated rings. The topological polar surface area (TPSA) is 72.5 Å². The van der Waals surface area contributed by atoms with Crippen LogP contribution in [0.5, 0.6) is 5.75 Å². The lowest BCUT2D eigenvalue weighted by atomic mass is 10.1. The Morgan fingerprint density at radius 3 is 2.48 bits per heavy atom. The highest BCUT2D eigenvalue weighted by Crippen LogP contribution is 2.16. The average molecular weight is 394 g/mol. The quantitative estimate of drug-likeness (QED) is 0.623. The van der Waals surface area contributed by atoms with E-state index in [1.54, 1.807) is 23.8 Å². The molecule has 0 unspecified atom stereocenters. The number of methoxy groups -OCH3 is 1. The Bertz CT molecular complexity index is 1060. The van der Waals surface area contributed by atoms with Gasteiger partial charge in [-0.25, -0.2) is 0 Å². The summed E-state index contributed by atoms with van der Waals surface area (Å²) in [5.74, 6) is 0.610. The lowest BCUT2D eigenvalue weighted by Crippen LogP contribution is -2.39. The van der Waals surface area contributed by atoms with Crippen LogP contribution in [0, 0.1) is 5.41 Å². The standard InChI is InChI=1S/C22H26N4O3/c1-28-18-6-4-5-17(15-18)21(27)16-26-20-8-3-2-7-19(20)25(22(26)23)10-9-24-11-13-29-14-12-24/h2-8,15,23H,9-14,16H2,1H3. The van der Waals surface area contributed by atoms with E-state index >= 15 is 0 Å². The SMILES string of the molecule is COc1cccc(C(=O)Cn2c(=N)n(CCN3CCOCC3)c3ccccc32)c1. The van der Waals surface area contributed by atoms with Gasteiger partial charge in [-0.2, -0.15) is 0 Å². The van der Waals surface area contributed by atoms with Crippen LogP contribution in [0.2, 0.25) is 0 Å². The molecule has 0 radical (unpaired) electrons. The minimum Gasteiger partial charge on any atom is -0.497 e. The van der Waals surface area contributed by atoms with Crippen molar-refractivity contribution in [2.24, 2.45) is 0 Å². The van der Waals surface area contributed by atoms with Gasteiger partial charge in [0.05, 0.1) is 37.9 Å². The maximum absolute atomic E-state index is 12.9. The number of ether oxygens (including phenoxy) is 2. The molecule has 1 aliphatic heterocycles. The van der Waals surface area contributed by atoms with Crippen LogP contribution in [-0.2, 0) is 17.8 Å². The van der Waals surface area contributed by atoms with Gasteiger partial charge >= 0.3 is 0 Å². The van der Waals surface area contributed by atoms with E-state index < -0.39 is 0 Å². The van der Waals surface area contributed by atoms with Gasteiger partial charge in [0.25, 0.3) is 0 Å². The van der Waals surface area contributed by atoms with Crippen molar-refractivity contribution in [1.29, 1.82) is 5.41 Å². The van der Waals surface area contributed by atoms with Gasteiger partial charge in [0.15, 0.2) is 5.78 Å². The van der Waals surface area contributed by atoms with Crippen molar-refractivity contribution in [3.8, 4) is 5.75 Å². The van der Waals surface area contributed by atoms with E-state index in [9.17, 15) is 4.79 Å². The predicted octanol–water partition coefficient (Wildman–Crippen LogP) is 2.15. The molecule has 1 aromatic heterocycles. The van der Waals surface area contributed by atoms with Gasteiger partial charge in [-0.1, -0.05) is 24.3 Å². The Hall–Kier alpha value is -2.90. The fourth-order valence-corrected chi connectivity index (χ4v) is 3.78. The number of carbonyl (C=O) groups is 1. The predicted molar refractivity (Wildman–Crippen MR) is 110 cm³/mol. The summed E-state index contributed by atoms with van der Waals surface area (Å²) < 4.78 is 14.4. The highest BCUT2D eigenvalue weighted by molar-refractivity contribution is 5.97. The van der Waals surface area contributed by atoms with Crippen LogP contribution in [0.1, 0.15) is 10.4 Å². The first-order chi connectivity index (χ1) is 14.2. The van der Waals surface area contributed by atoms with Crippen LogP contribution >= 0.6 is 0 Å². The second kappa shape index (κ2) is 8.63. The van der Waals surface area contributed by atoms with E-state index in [0.29, 0.717) is 23.5 Å². The van der Waals surface area contributed by atoms with Gasteiger partial charge < -0.3 is 18.6 Å². The van der Waals surface area contributed by atoms with E-state index in [-0.39, 0.29) is 12.3 Å². The number of aromatic nitrogens is 2. The number of rotatable bonds is 7. The zero-order chi connectivity index (χ0) is 20.2. The summed E-state index contributed by atoms with van der Waals surface area (Å²) in [6, 6.07) is 15.1. The summed E-state index contributed by atoms with van der Waals surface area (Å²) >= 11 is 0. The smallest absolute Gasteiger partial charge is 0.203 e. The fourth-order valence-electron chi connectivity index (χ4n) is 3.78. The molecule has 29 heavy (non-hydrogen) atoms. The molecule has 1 aliphatic rings. The number of fused-ring (bicyclic) bond motifs is 1. The second-order valence-corrected chi connectivity index (χ2v) is 7.16. The van der Waals surface area contributed by atoms with Gasteiger partial charge in [0.2, 0.25) is 5.62 Å². The number of carbonyl (C=O) groups excluding carboxylic acids is 1. The number of nitrogens with zero attached hydrogens (tertiary/aromatic N) is 3. The Labute approximate surface area is 169 Å². The average Bonchev–Trinajstić information content (AvgIpc) is 3.04. The number of hydrogen-bond donors (Lipinski definition) is 1. The first-order valence-corrected chi connectivity index (χ1v) is 9.87. The van der Waals surface area contributed by atoms with Crippen molar-refractivity contribution in [3.63, 3.8) is 0 Å². The summed E-state index contributed by atoms with van der Waals surface area (Å²) in [6.07, 6.45) is 0. The second-order valence-electron chi connectivity index (χ2n) is 7.16. The number of para-hydroxylation sites is 2. The molecule has 7 nitrogen and oxygen atoms in total. The summed E-state index contributed by atoms with van der Waals surface area (Å²) in [7, 11) is 1.59. The number of hydrogen-bond acceptors (Lipinski definition) is 5.